The van der Waals surface area contributed by atoms with Gasteiger partial charge in [-0.25, -0.2) is 0 Å². The fourth-order valence-corrected chi connectivity index (χ4v) is 10.6. The number of ketones is 2. The molecule has 8 atom stereocenters. The first-order valence-corrected chi connectivity index (χ1v) is 13.8. The fraction of sp³-hybridized carbons (Fsp3) is 0.806. The van der Waals surface area contributed by atoms with Gasteiger partial charge in [-0.05, 0) is 84.4 Å². The highest BCUT2D eigenvalue weighted by Gasteiger charge is 2.72. The summed E-state index contributed by atoms with van der Waals surface area (Å²) in [5.41, 5.74) is -1.18. The van der Waals surface area contributed by atoms with Crippen molar-refractivity contribution in [2.45, 2.75) is 99.8 Å². The summed E-state index contributed by atoms with van der Waals surface area (Å²) in [7, 11) is 0. The molecule has 4 saturated carbocycles. The lowest BCUT2D eigenvalue weighted by molar-refractivity contribution is -0.219. The van der Waals surface area contributed by atoms with Crippen molar-refractivity contribution < 1.29 is 14.4 Å². The number of carbonyl (C=O) groups is 3. The first kappa shape index (κ1) is 24.9. The summed E-state index contributed by atoms with van der Waals surface area (Å²) in [5.74, 6) is 0.533. The van der Waals surface area contributed by atoms with Gasteiger partial charge in [-0.1, -0.05) is 54.5 Å². The minimum atomic E-state index is -0.608. The lowest BCUT2D eigenvalue weighted by Gasteiger charge is -2.71. The van der Waals surface area contributed by atoms with Crippen molar-refractivity contribution in [1.29, 1.82) is 5.26 Å². The third kappa shape index (κ3) is 2.93. The molecule has 4 fully saturated rings. The molecule has 0 bridgehead atoms. The molecule has 5 aliphatic rings. The van der Waals surface area contributed by atoms with Gasteiger partial charge in [0.25, 0.3) is 0 Å². The van der Waals surface area contributed by atoms with Crippen molar-refractivity contribution in [3.63, 3.8) is 0 Å². The van der Waals surface area contributed by atoms with Crippen LogP contribution < -0.4 is 0 Å². The van der Waals surface area contributed by atoms with Crippen LogP contribution in [0, 0.1) is 67.5 Å². The summed E-state index contributed by atoms with van der Waals surface area (Å²) in [6.45, 7) is 15.6. The highest BCUT2D eigenvalue weighted by molar-refractivity contribution is 6.04. The second kappa shape index (κ2) is 7.17. The van der Waals surface area contributed by atoms with Gasteiger partial charge in [-0.2, -0.15) is 5.26 Å². The Hall–Kier alpha value is -1.76. The summed E-state index contributed by atoms with van der Waals surface area (Å²) in [4.78, 5) is 40.1. The average molecular weight is 478 g/mol. The van der Waals surface area contributed by atoms with Crippen LogP contribution in [0.5, 0.6) is 0 Å². The third-order valence-electron chi connectivity index (χ3n) is 12.8. The summed E-state index contributed by atoms with van der Waals surface area (Å²) >= 11 is 0. The van der Waals surface area contributed by atoms with Gasteiger partial charge >= 0.3 is 0 Å². The molecule has 0 N–H and O–H groups in total. The smallest absolute Gasteiger partial charge is 0.178 e. The Balaban J connectivity index is 1.64. The molecule has 0 spiro atoms. The van der Waals surface area contributed by atoms with E-state index >= 15 is 0 Å². The molecular formula is C31H43NO3. The van der Waals surface area contributed by atoms with Gasteiger partial charge < -0.3 is 4.79 Å². The Bertz CT molecular complexity index is 1080. The zero-order valence-corrected chi connectivity index (χ0v) is 22.8. The number of Topliss-reactive ketones (excluding diaryl/α,β-unsaturated/α-hetero) is 2. The van der Waals surface area contributed by atoms with E-state index in [-0.39, 0.29) is 62.1 Å². The van der Waals surface area contributed by atoms with E-state index in [1.54, 1.807) is 0 Å². The molecule has 0 aliphatic heterocycles. The van der Waals surface area contributed by atoms with E-state index in [0.29, 0.717) is 12.2 Å². The SMILES string of the molecule is CC1(C)CC[C@]2(C=O)CC[C@]3(C)C(C(=O)C[C@@H]4[C@@]5(C)C=C(C#N)C(=O)C(C)(C)[C@@H]5CC[C@]43C)C2C1. The fourth-order valence-electron chi connectivity index (χ4n) is 10.6. The van der Waals surface area contributed by atoms with Crippen LogP contribution in [0.4, 0.5) is 0 Å². The van der Waals surface area contributed by atoms with Crippen LogP contribution in [0.2, 0.25) is 0 Å². The summed E-state index contributed by atoms with van der Waals surface area (Å²) < 4.78 is 0. The topological polar surface area (TPSA) is 75.0 Å². The van der Waals surface area contributed by atoms with E-state index in [0.717, 1.165) is 44.9 Å². The van der Waals surface area contributed by atoms with Crippen LogP contribution in [0.3, 0.4) is 0 Å². The van der Waals surface area contributed by atoms with Gasteiger partial charge in [0.2, 0.25) is 0 Å². The maximum absolute atomic E-state index is 14.3. The molecule has 0 saturated heterocycles. The van der Waals surface area contributed by atoms with Crippen LogP contribution in [0.25, 0.3) is 0 Å². The minimum Gasteiger partial charge on any atom is -0.303 e. The zero-order valence-electron chi connectivity index (χ0n) is 22.8. The van der Waals surface area contributed by atoms with Gasteiger partial charge in [-0.3, -0.25) is 9.59 Å². The van der Waals surface area contributed by atoms with E-state index < -0.39 is 5.41 Å². The first-order valence-electron chi connectivity index (χ1n) is 13.8. The molecule has 0 aromatic rings. The molecule has 190 valence electrons. The molecule has 5 rings (SSSR count). The van der Waals surface area contributed by atoms with Crippen LogP contribution in [0.1, 0.15) is 99.8 Å². The van der Waals surface area contributed by atoms with E-state index in [2.05, 4.69) is 40.7 Å². The molecule has 0 heterocycles. The Morgan fingerprint density at radius 1 is 0.914 bits per heavy atom. The van der Waals surface area contributed by atoms with Gasteiger partial charge in [0.05, 0.1) is 5.57 Å². The molecule has 0 aromatic heterocycles. The highest BCUT2D eigenvalue weighted by Crippen LogP contribution is 2.75. The number of nitrogens with zero attached hydrogens (tertiary/aromatic N) is 1. The van der Waals surface area contributed by atoms with Crippen molar-refractivity contribution in [3.05, 3.63) is 11.6 Å². The molecule has 0 amide bonds. The van der Waals surface area contributed by atoms with E-state index in [1.807, 2.05) is 19.9 Å². The van der Waals surface area contributed by atoms with E-state index in [1.165, 1.54) is 6.29 Å². The molecule has 4 nitrogen and oxygen atoms in total. The number of aldehydes is 1. The van der Waals surface area contributed by atoms with Gasteiger partial charge in [0.1, 0.15) is 18.1 Å². The number of rotatable bonds is 1. The second-order valence-electron chi connectivity index (χ2n) is 15.0. The zero-order chi connectivity index (χ0) is 25.8. The summed E-state index contributed by atoms with van der Waals surface area (Å²) in [6.07, 6.45) is 10.3. The van der Waals surface area contributed by atoms with E-state index in [9.17, 15) is 19.6 Å². The predicted octanol–water partition coefficient (Wildman–Crippen LogP) is 6.48. The largest absolute Gasteiger partial charge is 0.303 e. The van der Waals surface area contributed by atoms with Crippen LogP contribution >= 0.6 is 0 Å². The van der Waals surface area contributed by atoms with Crippen molar-refractivity contribution in [2.75, 3.05) is 0 Å². The summed E-state index contributed by atoms with van der Waals surface area (Å²) in [6, 6.07) is 2.20. The number of hydrogen-bond acceptors (Lipinski definition) is 4. The Kier molecular flexibility index (Phi) is 5.10. The van der Waals surface area contributed by atoms with Gasteiger partial charge in [0, 0.05) is 23.2 Å². The van der Waals surface area contributed by atoms with Crippen LogP contribution in [0.15, 0.2) is 11.6 Å². The molecule has 2 unspecified atom stereocenters. The Morgan fingerprint density at radius 2 is 1.57 bits per heavy atom. The first-order chi connectivity index (χ1) is 16.1. The van der Waals surface area contributed by atoms with Crippen molar-refractivity contribution in [1.82, 2.24) is 0 Å². The molecule has 0 radical (unpaired) electrons. The number of carbonyl (C=O) groups excluding carboxylic acids is 3. The van der Waals surface area contributed by atoms with Crippen LogP contribution in [-0.2, 0) is 14.4 Å². The van der Waals surface area contributed by atoms with Gasteiger partial charge in [-0.15, -0.1) is 0 Å². The number of fused-ring (bicyclic) bond motifs is 7. The van der Waals surface area contributed by atoms with E-state index in [4.69, 9.17) is 0 Å². The molecule has 4 heteroatoms. The van der Waals surface area contributed by atoms with Crippen molar-refractivity contribution >= 4 is 17.9 Å². The van der Waals surface area contributed by atoms with Gasteiger partial charge in [0.15, 0.2) is 5.78 Å². The maximum Gasteiger partial charge on any atom is 0.178 e. The minimum absolute atomic E-state index is 0.0461. The Labute approximate surface area is 211 Å². The maximum atomic E-state index is 14.3. The number of allylic oxidation sites excluding steroid dienone is 2. The van der Waals surface area contributed by atoms with Crippen molar-refractivity contribution in [3.8, 4) is 6.07 Å². The molecule has 5 aliphatic carbocycles. The standard InChI is InChI=1S/C31H43NO3/c1-26(2)10-12-31(18-33)13-11-30(7)24(20(31)16-26)21(34)14-23-28(5)15-19(17-32)25(35)27(3,4)22(28)8-9-29(23,30)6/h15,18,20,22-24H,8-14,16H2,1-7H3/t20?,22-,23+,24?,28-,29+,30+,31+/m0/s1. The highest BCUT2D eigenvalue weighted by atomic mass is 16.1. The average Bonchev–Trinajstić information content (AvgIpc) is 2.77. The summed E-state index contributed by atoms with van der Waals surface area (Å²) in [5, 5.41) is 9.84. The monoisotopic (exact) mass is 477 g/mol. The molecule has 0 aromatic carbocycles. The quantitative estimate of drug-likeness (QED) is 0.405. The molecule has 35 heavy (non-hydrogen) atoms. The normalized spacial score (nSPS) is 49.9. The predicted molar refractivity (Wildman–Crippen MR) is 135 cm³/mol. The van der Waals surface area contributed by atoms with Crippen LogP contribution in [-0.4, -0.2) is 17.9 Å². The lowest BCUT2D eigenvalue weighted by Crippen LogP contribution is -2.68. The third-order valence-corrected chi connectivity index (χ3v) is 12.8. The molecular weight excluding hydrogens is 434 g/mol. The van der Waals surface area contributed by atoms with Crippen molar-refractivity contribution in [2.24, 2.45) is 56.2 Å². The second-order valence-corrected chi connectivity index (χ2v) is 15.0. The number of nitriles is 1. The Morgan fingerprint density at radius 3 is 2.20 bits per heavy atom. The number of hydrogen-bond donors (Lipinski definition) is 0. The lowest BCUT2D eigenvalue weighted by atomic mass is 9.31.